The van der Waals surface area contributed by atoms with Crippen LogP contribution in [0.1, 0.15) is 13.3 Å². The van der Waals surface area contributed by atoms with Crippen molar-refractivity contribution in [2.75, 3.05) is 31.6 Å². The number of morpholine rings is 1. The predicted octanol–water partition coefficient (Wildman–Crippen LogP) is 1.74. The van der Waals surface area contributed by atoms with Gasteiger partial charge in [-0.2, -0.15) is 0 Å². The summed E-state index contributed by atoms with van der Waals surface area (Å²) in [6.45, 7) is 4.49. The maximum Gasteiger partial charge on any atom is 0.242 e. The summed E-state index contributed by atoms with van der Waals surface area (Å²) >= 11 is 0. The monoisotopic (exact) mass is 248 g/mol. The quantitative estimate of drug-likeness (QED) is 0.882. The molecular formula is C14H20N2O2. The molecule has 18 heavy (non-hydrogen) atoms. The molecule has 98 valence electrons. The molecular weight excluding hydrogens is 228 g/mol. The Labute approximate surface area is 108 Å². The van der Waals surface area contributed by atoms with Gasteiger partial charge in [0.2, 0.25) is 5.91 Å². The second-order valence-corrected chi connectivity index (χ2v) is 4.46. The number of benzene rings is 1. The first-order valence-electron chi connectivity index (χ1n) is 6.48. The number of para-hydroxylation sites is 1. The van der Waals surface area contributed by atoms with E-state index < -0.39 is 0 Å². The van der Waals surface area contributed by atoms with Crippen LogP contribution in [0.15, 0.2) is 30.3 Å². The Morgan fingerprint density at radius 2 is 2.22 bits per heavy atom. The molecule has 1 aliphatic rings. The summed E-state index contributed by atoms with van der Waals surface area (Å²) in [5, 5.41) is 3.14. The zero-order valence-corrected chi connectivity index (χ0v) is 10.8. The lowest BCUT2D eigenvalue weighted by atomic mass is 10.2. The Balaban J connectivity index is 1.81. The van der Waals surface area contributed by atoms with Crippen LogP contribution in [0.4, 0.5) is 5.69 Å². The van der Waals surface area contributed by atoms with Crippen molar-refractivity contribution in [1.82, 2.24) is 4.90 Å². The summed E-state index contributed by atoms with van der Waals surface area (Å²) in [6, 6.07) is 9.78. The molecule has 1 fully saturated rings. The number of amides is 1. The van der Waals surface area contributed by atoms with Crippen molar-refractivity contribution in [3.8, 4) is 0 Å². The Bertz CT molecular complexity index is 381. The molecule has 0 bridgehead atoms. The highest BCUT2D eigenvalue weighted by Crippen LogP contribution is 2.09. The molecule has 0 saturated carbocycles. The van der Waals surface area contributed by atoms with Gasteiger partial charge in [-0.15, -0.1) is 0 Å². The molecule has 1 aliphatic heterocycles. The number of hydrogen-bond donors (Lipinski definition) is 1. The SMILES string of the molecule is CCC1CN(C(=O)CNc2ccccc2)CCO1. The van der Waals surface area contributed by atoms with Gasteiger partial charge in [-0.1, -0.05) is 25.1 Å². The van der Waals surface area contributed by atoms with Crippen molar-refractivity contribution >= 4 is 11.6 Å². The topological polar surface area (TPSA) is 41.6 Å². The first-order valence-corrected chi connectivity index (χ1v) is 6.48. The van der Waals surface area contributed by atoms with E-state index in [-0.39, 0.29) is 12.0 Å². The normalized spacial score (nSPS) is 19.6. The minimum atomic E-state index is 0.139. The molecule has 2 rings (SSSR count). The summed E-state index contributed by atoms with van der Waals surface area (Å²) in [7, 11) is 0. The van der Waals surface area contributed by atoms with Crippen molar-refractivity contribution in [3.63, 3.8) is 0 Å². The van der Waals surface area contributed by atoms with Gasteiger partial charge >= 0.3 is 0 Å². The molecule has 1 N–H and O–H groups in total. The van der Waals surface area contributed by atoms with Gasteiger partial charge in [-0.05, 0) is 18.6 Å². The molecule has 1 aromatic carbocycles. The largest absolute Gasteiger partial charge is 0.376 e. The van der Waals surface area contributed by atoms with Gasteiger partial charge < -0.3 is 15.0 Å². The molecule has 0 spiro atoms. The van der Waals surface area contributed by atoms with E-state index in [2.05, 4.69) is 12.2 Å². The second-order valence-electron chi connectivity index (χ2n) is 4.46. The van der Waals surface area contributed by atoms with E-state index in [4.69, 9.17) is 4.74 Å². The number of ether oxygens (including phenoxy) is 1. The molecule has 1 heterocycles. The van der Waals surface area contributed by atoms with Crippen LogP contribution in [0.25, 0.3) is 0 Å². The molecule has 1 unspecified atom stereocenters. The van der Waals surface area contributed by atoms with Crippen LogP contribution in [0.3, 0.4) is 0 Å². The summed E-state index contributed by atoms with van der Waals surface area (Å²) in [5.41, 5.74) is 0.978. The van der Waals surface area contributed by atoms with Gasteiger partial charge in [0.25, 0.3) is 0 Å². The van der Waals surface area contributed by atoms with Crippen LogP contribution < -0.4 is 5.32 Å². The summed E-state index contributed by atoms with van der Waals surface area (Å²) in [6.07, 6.45) is 1.15. The fourth-order valence-corrected chi connectivity index (χ4v) is 2.04. The van der Waals surface area contributed by atoms with Crippen molar-refractivity contribution in [3.05, 3.63) is 30.3 Å². The smallest absolute Gasteiger partial charge is 0.242 e. The fraction of sp³-hybridized carbons (Fsp3) is 0.500. The van der Waals surface area contributed by atoms with Crippen LogP contribution >= 0.6 is 0 Å². The first-order chi connectivity index (χ1) is 8.79. The fourth-order valence-electron chi connectivity index (χ4n) is 2.04. The average Bonchev–Trinajstić information content (AvgIpc) is 2.46. The van der Waals surface area contributed by atoms with E-state index in [1.165, 1.54) is 0 Å². The molecule has 4 heteroatoms. The van der Waals surface area contributed by atoms with Crippen molar-refractivity contribution in [2.45, 2.75) is 19.4 Å². The van der Waals surface area contributed by atoms with Gasteiger partial charge in [0, 0.05) is 18.8 Å². The molecule has 0 radical (unpaired) electrons. The van der Waals surface area contributed by atoms with Crippen molar-refractivity contribution < 1.29 is 9.53 Å². The Hall–Kier alpha value is -1.55. The number of anilines is 1. The standard InChI is InChI=1S/C14H20N2O2/c1-2-13-11-16(8-9-18-13)14(17)10-15-12-6-4-3-5-7-12/h3-7,13,15H,2,8-11H2,1H3. The predicted molar refractivity (Wildman–Crippen MR) is 71.5 cm³/mol. The zero-order chi connectivity index (χ0) is 12.8. The van der Waals surface area contributed by atoms with E-state index in [0.717, 1.165) is 12.1 Å². The van der Waals surface area contributed by atoms with Crippen molar-refractivity contribution in [1.29, 1.82) is 0 Å². The Morgan fingerprint density at radius 1 is 1.44 bits per heavy atom. The van der Waals surface area contributed by atoms with Crippen LogP contribution in [0, 0.1) is 0 Å². The van der Waals surface area contributed by atoms with E-state index in [1.807, 2.05) is 35.2 Å². The molecule has 1 aromatic rings. The number of hydrogen-bond acceptors (Lipinski definition) is 3. The lowest BCUT2D eigenvalue weighted by Gasteiger charge is -2.32. The van der Waals surface area contributed by atoms with Crippen LogP contribution in [-0.2, 0) is 9.53 Å². The van der Waals surface area contributed by atoms with E-state index in [1.54, 1.807) is 0 Å². The maximum atomic E-state index is 12.0. The van der Waals surface area contributed by atoms with E-state index >= 15 is 0 Å². The Kier molecular flexibility index (Phi) is 4.59. The highest BCUT2D eigenvalue weighted by atomic mass is 16.5. The average molecular weight is 248 g/mol. The van der Waals surface area contributed by atoms with Crippen LogP contribution in [0.5, 0.6) is 0 Å². The molecule has 0 aliphatic carbocycles. The summed E-state index contributed by atoms with van der Waals surface area (Å²) in [4.78, 5) is 13.9. The van der Waals surface area contributed by atoms with Gasteiger partial charge in [-0.25, -0.2) is 0 Å². The Morgan fingerprint density at radius 3 is 2.94 bits per heavy atom. The van der Waals surface area contributed by atoms with Crippen LogP contribution in [-0.4, -0.2) is 43.2 Å². The number of nitrogens with one attached hydrogen (secondary N) is 1. The minimum Gasteiger partial charge on any atom is -0.376 e. The zero-order valence-electron chi connectivity index (χ0n) is 10.8. The molecule has 0 aromatic heterocycles. The van der Waals surface area contributed by atoms with E-state index in [9.17, 15) is 4.79 Å². The van der Waals surface area contributed by atoms with Gasteiger partial charge in [0.05, 0.1) is 19.3 Å². The number of carbonyl (C=O) groups is 1. The van der Waals surface area contributed by atoms with Gasteiger partial charge in [0.15, 0.2) is 0 Å². The second kappa shape index (κ2) is 6.40. The molecule has 4 nitrogen and oxygen atoms in total. The third-order valence-corrected chi connectivity index (χ3v) is 3.16. The summed E-state index contributed by atoms with van der Waals surface area (Å²) < 4.78 is 5.56. The van der Waals surface area contributed by atoms with Gasteiger partial charge in [0.1, 0.15) is 0 Å². The van der Waals surface area contributed by atoms with Crippen molar-refractivity contribution in [2.24, 2.45) is 0 Å². The number of carbonyl (C=O) groups excluding carboxylic acids is 1. The highest BCUT2D eigenvalue weighted by Gasteiger charge is 2.22. The molecule has 1 saturated heterocycles. The summed E-state index contributed by atoms with van der Waals surface area (Å²) in [5.74, 6) is 0.139. The maximum absolute atomic E-state index is 12.0. The minimum absolute atomic E-state index is 0.139. The third-order valence-electron chi connectivity index (χ3n) is 3.16. The lowest BCUT2D eigenvalue weighted by molar-refractivity contribution is -0.136. The van der Waals surface area contributed by atoms with E-state index in [0.29, 0.717) is 26.2 Å². The third kappa shape index (κ3) is 3.47. The first kappa shape index (κ1) is 12.9. The number of rotatable bonds is 4. The number of nitrogens with zero attached hydrogens (tertiary/aromatic N) is 1. The van der Waals surface area contributed by atoms with Gasteiger partial charge in [-0.3, -0.25) is 4.79 Å². The lowest BCUT2D eigenvalue weighted by Crippen LogP contribution is -2.47. The van der Waals surface area contributed by atoms with Crippen LogP contribution in [0.2, 0.25) is 0 Å². The molecule has 1 amide bonds. The highest BCUT2D eigenvalue weighted by molar-refractivity contribution is 5.81. The molecule has 1 atom stereocenters.